The van der Waals surface area contributed by atoms with Gasteiger partial charge in [0.25, 0.3) is 0 Å². The molecule has 0 aromatic heterocycles. The van der Waals surface area contributed by atoms with E-state index < -0.39 is 32.5 Å². The second-order valence-electron chi connectivity index (χ2n) is 15.9. The second-order valence-corrected chi connectivity index (χ2v) is 17.4. The molecule has 0 heterocycles. The van der Waals surface area contributed by atoms with E-state index in [4.69, 9.17) is 14.0 Å². The van der Waals surface area contributed by atoms with E-state index in [9.17, 15) is 19.0 Å². The van der Waals surface area contributed by atoms with Crippen LogP contribution < -0.4 is 0 Å². The number of esters is 2. The van der Waals surface area contributed by atoms with E-state index in [1.54, 1.807) is 0 Å². The Labute approximate surface area is 374 Å². The molecule has 0 aliphatic rings. The Morgan fingerprint density at radius 1 is 0.475 bits per heavy atom. The fourth-order valence-electron chi connectivity index (χ4n) is 6.44. The standard InChI is InChI=1S/C52H89O8P/c1-4-6-8-10-12-14-16-18-20-22-24-25-26-27-29-30-32-34-36-38-40-42-44-46-51(53)58-48-50(49-59-61(55,56)57-3)60-52(54)47-45-43-41-39-37-35-33-31-28-23-21-19-17-15-13-11-9-7-5-2/h7,9,13,15,19,21-22,24,28,31,35,37,41,43,50H,4-6,8,10-12,14,16-18,20,23,25-27,29-30,32-34,36,38-40,42,44-49H2,1-3H3,(H,55,56)/b9-7-,15-13-,21-19-,24-22-,31-28-,37-35-,43-41-. The summed E-state index contributed by atoms with van der Waals surface area (Å²) in [6.07, 6.45) is 62.3. The number of hydrogen-bond donors (Lipinski definition) is 1. The van der Waals surface area contributed by atoms with Gasteiger partial charge in [0.15, 0.2) is 6.10 Å². The van der Waals surface area contributed by atoms with Crippen molar-refractivity contribution in [3.63, 3.8) is 0 Å². The van der Waals surface area contributed by atoms with Crippen LogP contribution in [-0.4, -0.2) is 43.3 Å². The van der Waals surface area contributed by atoms with Gasteiger partial charge in [0, 0.05) is 20.0 Å². The molecular weight excluding hydrogens is 784 g/mol. The zero-order valence-corrected chi connectivity index (χ0v) is 39.9. The maximum absolute atomic E-state index is 12.5. The van der Waals surface area contributed by atoms with Gasteiger partial charge < -0.3 is 14.4 Å². The second kappa shape index (κ2) is 46.7. The van der Waals surface area contributed by atoms with Gasteiger partial charge in [-0.25, -0.2) is 4.57 Å². The summed E-state index contributed by atoms with van der Waals surface area (Å²) >= 11 is 0. The Hall–Kier alpha value is -2.77. The van der Waals surface area contributed by atoms with Crippen LogP contribution in [0.25, 0.3) is 0 Å². The Morgan fingerprint density at radius 3 is 1.31 bits per heavy atom. The maximum atomic E-state index is 12.5. The lowest BCUT2D eigenvalue weighted by atomic mass is 10.0. The average Bonchev–Trinajstić information content (AvgIpc) is 3.25. The fraction of sp³-hybridized carbons (Fsp3) is 0.692. The first-order valence-electron chi connectivity index (χ1n) is 24.3. The van der Waals surface area contributed by atoms with E-state index >= 15 is 0 Å². The lowest BCUT2D eigenvalue weighted by Crippen LogP contribution is -2.29. The van der Waals surface area contributed by atoms with Crippen LogP contribution in [-0.2, 0) is 32.7 Å². The number of carbonyl (C=O) groups is 2. The third-order valence-corrected chi connectivity index (χ3v) is 11.1. The molecule has 1 N–H and O–H groups in total. The van der Waals surface area contributed by atoms with Crippen molar-refractivity contribution in [3.8, 4) is 0 Å². The molecule has 0 saturated heterocycles. The van der Waals surface area contributed by atoms with Crippen molar-refractivity contribution in [2.24, 2.45) is 0 Å². The predicted molar refractivity (Wildman–Crippen MR) is 257 cm³/mol. The number of rotatable bonds is 44. The van der Waals surface area contributed by atoms with Crippen molar-refractivity contribution in [2.75, 3.05) is 20.3 Å². The molecule has 0 bridgehead atoms. The third-order valence-electron chi connectivity index (χ3n) is 10.1. The average molecular weight is 873 g/mol. The minimum Gasteiger partial charge on any atom is -0.462 e. The smallest absolute Gasteiger partial charge is 0.462 e. The highest BCUT2D eigenvalue weighted by Gasteiger charge is 2.24. The molecule has 0 fully saturated rings. The van der Waals surface area contributed by atoms with Gasteiger partial charge in [0.2, 0.25) is 0 Å². The predicted octanol–water partition coefficient (Wildman–Crippen LogP) is 15.8. The summed E-state index contributed by atoms with van der Waals surface area (Å²) in [7, 11) is -3.24. The van der Waals surface area contributed by atoms with E-state index in [0.717, 1.165) is 64.9 Å². The van der Waals surface area contributed by atoms with Crippen LogP contribution in [0.5, 0.6) is 0 Å². The monoisotopic (exact) mass is 873 g/mol. The molecule has 8 nitrogen and oxygen atoms in total. The Kier molecular flexibility index (Phi) is 44.6. The molecule has 0 aromatic carbocycles. The fourth-order valence-corrected chi connectivity index (χ4v) is 6.90. The zero-order chi connectivity index (χ0) is 44.6. The van der Waals surface area contributed by atoms with Gasteiger partial charge in [-0.05, 0) is 77.0 Å². The van der Waals surface area contributed by atoms with Gasteiger partial charge in [-0.15, -0.1) is 0 Å². The number of allylic oxidation sites excluding steroid dienone is 14. The van der Waals surface area contributed by atoms with Crippen molar-refractivity contribution in [3.05, 3.63) is 85.1 Å². The van der Waals surface area contributed by atoms with Crippen LogP contribution in [0, 0.1) is 0 Å². The number of phosphoric acid groups is 1. The quantitative estimate of drug-likeness (QED) is 0.0279. The van der Waals surface area contributed by atoms with Crippen LogP contribution in [0.4, 0.5) is 0 Å². The van der Waals surface area contributed by atoms with E-state index in [-0.39, 0.29) is 19.4 Å². The molecule has 0 aromatic rings. The third kappa shape index (κ3) is 46.6. The largest absolute Gasteiger partial charge is 0.472 e. The number of ether oxygens (including phenoxy) is 2. The van der Waals surface area contributed by atoms with Crippen LogP contribution in [0.2, 0.25) is 0 Å². The first-order chi connectivity index (χ1) is 29.8. The van der Waals surface area contributed by atoms with Crippen LogP contribution in [0.1, 0.15) is 206 Å². The summed E-state index contributed by atoms with van der Waals surface area (Å²) in [5, 5.41) is 0. The topological polar surface area (TPSA) is 108 Å². The van der Waals surface area contributed by atoms with Crippen molar-refractivity contribution in [1.29, 1.82) is 0 Å². The molecule has 0 spiro atoms. The molecule has 9 heteroatoms. The maximum Gasteiger partial charge on any atom is 0.472 e. The van der Waals surface area contributed by atoms with Gasteiger partial charge in [-0.1, -0.05) is 202 Å². The number of unbranched alkanes of at least 4 members (excludes halogenated alkanes) is 19. The molecule has 350 valence electrons. The van der Waals surface area contributed by atoms with Gasteiger partial charge in [0.1, 0.15) is 6.61 Å². The van der Waals surface area contributed by atoms with Crippen LogP contribution >= 0.6 is 7.82 Å². The molecule has 2 atom stereocenters. The normalized spacial score (nSPS) is 14.0. The van der Waals surface area contributed by atoms with E-state index in [1.807, 2.05) is 12.2 Å². The molecule has 0 aliphatic carbocycles. The number of phosphoric ester groups is 1. The lowest BCUT2D eigenvalue weighted by molar-refractivity contribution is -0.161. The lowest BCUT2D eigenvalue weighted by Gasteiger charge is -2.19. The van der Waals surface area contributed by atoms with Crippen molar-refractivity contribution < 1.29 is 37.6 Å². The Morgan fingerprint density at radius 2 is 0.869 bits per heavy atom. The van der Waals surface area contributed by atoms with Gasteiger partial charge in [-0.2, -0.15) is 0 Å². The van der Waals surface area contributed by atoms with E-state index in [0.29, 0.717) is 6.42 Å². The molecule has 0 radical (unpaired) electrons. The molecule has 61 heavy (non-hydrogen) atoms. The van der Waals surface area contributed by atoms with E-state index in [1.165, 1.54) is 116 Å². The SMILES string of the molecule is CC/C=C\C/C=C\C/C=C\C/C=C\C/C=C\C/C=C\CCC(=O)OC(COC(=O)CCCCCCCCCCCCC/C=C\CCCCCCCCCC)COP(=O)(O)OC. The van der Waals surface area contributed by atoms with Crippen LogP contribution in [0.3, 0.4) is 0 Å². The summed E-state index contributed by atoms with van der Waals surface area (Å²) < 4.78 is 32.0. The van der Waals surface area contributed by atoms with Crippen molar-refractivity contribution in [2.45, 2.75) is 213 Å². The molecule has 0 rings (SSSR count). The summed E-state index contributed by atoms with van der Waals surface area (Å²) in [5.74, 6) is -0.904. The first kappa shape index (κ1) is 58.2. The first-order valence-corrected chi connectivity index (χ1v) is 25.8. The van der Waals surface area contributed by atoms with Crippen molar-refractivity contribution in [1.82, 2.24) is 0 Å². The Balaban J connectivity index is 4.02. The summed E-state index contributed by atoms with van der Waals surface area (Å²) in [5.41, 5.74) is 0. The van der Waals surface area contributed by atoms with Gasteiger partial charge in [-0.3, -0.25) is 18.6 Å². The molecule has 0 saturated carbocycles. The van der Waals surface area contributed by atoms with E-state index in [2.05, 4.69) is 91.3 Å². The molecule has 0 amide bonds. The Bertz CT molecular complexity index is 1260. The van der Waals surface area contributed by atoms with Crippen LogP contribution in [0.15, 0.2) is 85.1 Å². The minimum atomic E-state index is -4.29. The zero-order valence-electron chi connectivity index (χ0n) is 39.0. The van der Waals surface area contributed by atoms with Crippen molar-refractivity contribution >= 4 is 19.8 Å². The summed E-state index contributed by atoms with van der Waals surface area (Å²) in [6.45, 7) is 3.72. The number of hydrogen-bond acceptors (Lipinski definition) is 7. The highest BCUT2D eigenvalue weighted by molar-refractivity contribution is 7.47. The molecule has 0 aliphatic heterocycles. The van der Waals surface area contributed by atoms with Gasteiger partial charge in [0.05, 0.1) is 6.61 Å². The summed E-state index contributed by atoms with van der Waals surface area (Å²) in [6, 6.07) is 0. The molecule has 2 unspecified atom stereocenters. The highest BCUT2D eigenvalue weighted by Crippen LogP contribution is 2.42. The highest BCUT2D eigenvalue weighted by atomic mass is 31.2. The molecular formula is C52H89O8P. The summed E-state index contributed by atoms with van der Waals surface area (Å²) in [4.78, 5) is 34.6. The minimum absolute atomic E-state index is 0.116. The number of carbonyl (C=O) groups excluding carboxylic acids is 2. The van der Waals surface area contributed by atoms with Gasteiger partial charge >= 0.3 is 19.8 Å².